The highest BCUT2D eigenvalue weighted by molar-refractivity contribution is 5.91. The fraction of sp³-hybridized carbons (Fsp3) is 0.898. The van der Waals surface area contributed by atoms with Gasteiger partial charge in [-0.05, 0) is 187 Å². The first kappa shape index (κ1) is 52.7. The summed E-state index contributed by atoms with van der Waals surface area (Å²) < 4.78 is 35.8. The van der Waals surface area contributed by atoms with Gasteiger partial charge in [0, 0.05) is 25.7 Å². The van der Waals surface area contributed by atoms with Crippen molar-refractivity contribution in [2.24, 2.45) is 68.0 Å². The second-order valence-corrected chi connectivity index (χ2v) is 26.5. The summed E-state index contributed by atoms with van der Waals surface area (Å²) in [6.45, 7) is 14.0. The normalized spacial score (nSPS) is 46.7. The predicted molar refractivity (Wildman–Crippen MR) is 265 cm³/mol. The predicted octanol–water partition coefficient (Wildman–Crippen LogP) is 11.9. The average molecular weight is 991 g/mol. The zero-order chi connectivity index (χ0) is 50.5. The first-order valence-electron chi connectivity index (χ1n) is 28.9. The van der Waals surface area contributed by atoms with Gasteiger partial charge in [-0.3, -0.25) is 28.8 Å². The average Bonchev–Trinajstić information content (AvgIpc) is 3.63. The Labute approximate surface area is 425 Å². The highest BCUT2D eigenvalue weighted by atomic mass is 16.6. The van der Waals surface area contributed by atoms with Crippen molar-refractivity contribution >= 4 is 35.8 Å². The van der Waals surface area contributed by atoms with Gasteiger partial charge in [-0.15, -0.1) is 0 Å². The van der Waals surface area contributed by atoms with Crippen LogP contribution in [0.1, 0.15) is 228 Å². The van der Waals surface area contributed by atoms with Gasteiger partial charge in [-0.1, -0.05) is 66.2 Å². The minimum Gasteiger partial charge on any atom is -0.465 e. The van der Waals surface area contributed by atoms with Crippen molar-refractivity contribution in [2.75, 3.05) is 26.4 Å². The Balaban J connectivity index is 0.823. The van der Waals surface area contributed by atoms with Gasteiger partial charge in [0.2, 0.25) is 0 Å². The van der Waals surface area contributed by atoms with Crippen LogP contribution in [-0.2, 0) is 57.2 Å². The summed E-state index contributed by atoms with van der Waals surface area (Å²) in [6, 6.07) is 0. The fourth-order valence-corrected chi connectivity index (χ4v) is 19.5. The van der Waals surface area contributed by atoms with Crippen molar-refractivity contribution in [3.05, 3.63) is 0 Å². The molecule has 11 aliphatic rings. The SMILES string of the molecule is C[C@@H]1C[C@]23CC[C@@H]4[C@]5(C)CCC[C@]4(C)C(=O)OCCCOC(=O)CC(=O)OCCCOC(=O)[C@]4(C)CCC[C@@]6(C)[C@@H]7CC[C@@]8(C[C@@]7(CC[C@@H]64)C[C@@H]8C)OC(=O)CCCCCCCCC(=O)O[C@]1(CC[C@@H]25)C3. The van der Waals surface area contributed by atoms with E-state index in [2.05, 4.69) is 41.5 Å². The van der Waals surface area contributed by atoms with Crippen molar-refractivity contribution in [2.45, 2.75) is 239 Å². The van der Waals surface area contributed by atoms with Crippen LogP contribution in [0.5, 0.6) is 0 Å². The third-order valence-electron chi connectivity index (χ3n) is 22.6. The second-order valence-electron chi connectivity index (χ2n) is 26.5. The van der Waals surface area contributed by atoms with Gasteiger partial charge in [0.25, 0.3) is 0 Å². The topological polar surface area (TPSA) is 158 Å². The third-order valence-corrected chi connectivity index (χ3v) is 22.6. The molecule has 0 aromatic rings. The first-order chi connectivity index (χ1) is 33.8. The van der Waals surface area contributed by atoms with Crippen LogP contribution in [0.2, 0.25) is 0 Å². The van der Waals surface area contributed by atoms with Crippen molar-refractivity contribution in [3.8, 4) is 0 Å². The van der Waals surface area contributed by atoms with E-state index >= 15 is 0 Å². The molecule has 12 heteroatoms. The fourth-order valence-electron chi connectivity index (χ4n) is 19.5. The third kappa shape index (κ3) is 9.51. The van der Waals surface area contributed by atoms with E-state index in [9.17, 15) is 28.8 Å². The van der Waals surface area contributed by atoms with Crippen LogP contribution in [0.4, 0.5) is 0 Å². The zero-order valence-electron chi connectivity index (χ0n) is 44.7. The molecule has 0 aromatic heterocycles. The molecule has 3 heterocycles. The Morgan fingerprint density at radius 1 is 0.394 bits per heavy atom. The lowest BCUT2D eigenvalue weighted by atomic mass is 9.41. The molecule has 0 amide bonds. The molecule has 4 spiro atoms. The van der Waals surface area contributed by atoms with Crippen LogP contribution < -0.4 is 0 Å². The summed E-state index contributed by atoms with van der Waals surface area (Å²) >= 11 is 0. The van der Waals surface area contributed by atoms with Gasteiger partial charge in [0.05, 0.1) is 37.3 Å². The molecule has 0 radical (unpaired) electrons. The summed E-state index contributed by atoms with van der Waals surface area (Å²) in [4.78, 5) is 80.3. The van der Waals surface area contributed by atoms with Gasteiger partial charge in [0.15, 0.2) is 0 Å². The number of ether oxygens (including phenoxy) is 6. The van der Waals surface area contributed by atoms with Crippen molar-refractivity contribution in [1.29, 1.82) is 0 Å². The van der Waals surface area contributed by atoms with Crippen molar-refractivity contribution in [3.63, 3.8) is 0 Å². The molecule has 0 unspecified atom stereocenters. The Bertz CT molecular complexity index is 1900. The van der Waals surface area contributed by atoms with E-state index in [0.717, 1.165) is 154 Å². The van der Waals surface area contributed by atoms with Crippen molar-refractivity contribution < 1.29 is 57.2 Å². The Kier molecular flexibility index (Phi) is 15.0. The van der Waals surface area contributed by atoms with Crippen LogP contribution in [0.3, 0.4) is 0 Å². The molecule has 8 saturated carbocycles. The molecule has 14 atom stereocenters. The lowest BCUT2D eigenvalue weighted by molar-refractivity contribution is -0.197. The lowest BCUT2D eigenvalue weighted by Gasteiger charge is -2.64. The standard InChI is InChI=1S/C59H90O12/c1-40-36-56-27-19-42-52(3)23-13-25-54(42,5)50(64)68-33-15-31-66-48(62)35-49(63)67-32-16-34-69-51(65)55(6)26-14-24-53(4)43(55)20-28-57-37-41(2)59(39-57,30-22-45(53)57)71-47(61)18-12-10-8-7-9-11-17-46(60)70-58(40,38-56)29-21-44(52)56/h40-45H,7-39H2,1-6H3/t40-,41+,42-,43+,44-,45+,52+,53-,54+,55-,56+,57-,58-,59+. The van der Waals surface area contributed by atoms with Gasteiger partial charge < -0.3 is 28.4 Å². The quantitative estimate of drug-likeness (QED) is 0.129. The summed E-state index contributed by atoms with van der Waals surface area (Å²) in [5.74, 6) is 0.0692. The molecule has 12 nitrogen and oxygen atoms in total. The largest absolute Gasteiger partial charge is 0.465 e. The molecule has 0 N–H and O–H groups in total. The zero-order valence-corrected chi connectivity index (χ0v) is 44.7. The van der Waals surface area contributed by atoms with Crippen LogP contribution >= 0.6 is 0 Å². The maximum absolute atomic E-state index is 14.0. The number of hydrogen-bond donors (Lipinski definition) is 0. The molecule has 3 aliphatic heterocycles. The number of esters is 6. The Morgan fingerprint density at radius 2 is 0.775 bits per heavy atom. The molecule has 8 aliphatic carbocycles. The Morgan fingerprint density at radius 3 is 1.20 bits per heavy atom. The first-order valence-corrected chi connectivity index (χ1v) is 28.9. The summed E-state index contributed by atoms with van der Waals surface area (Å²) in [7, 11) is 0. The summed E-state index contributed by atoms with van der Waals surface area (Å²) in [5, 5.41) is 0. The van der Waals surface area contributed by atoms with Crippen molar-refractivity contribution in [1.82, 2.24) is 0 Å². The molecule has 398 valence electrons. The van der Waals surface area contributed by atoms with Crippen LogP contribution in [0, 0.1) is 68.0 Å². The van der Waals surface area contributed by atoms with E-state index < -0.39 is 40.4 Å². The highest BCUT2D eigenvalue weighted by Gasteiger charge is 2.71. The summed E-state index contributed by atoms with van der Waals surface area (Å²) in [5.41, 5.74) is -1.82. The highest BCUT2D eigenvalue weighted by Crippen LogP contribution is 2.75. The number of carbonyl (C=O) groups excluding carboxylic acids is 6. The molecule has 3 saturated heterocycles. The number of rotatable bonds is 0. The number of hydrogen-bond acceptors (Lipinski definition) is 12. The van der Waals surface area contributed by atoms with Crippen LogP contribution in [0.15, 0.2) is 0 Å². The monoisotopic (exact) mass is 991 g/mol. The minimum absolute atomic E-state index is 0.0150. The molecule has 11 fully saturated rings. The van der Waals surface area contributed by atoms with E-state index in [-0.39, 0.29) is 83.8 Å². The number of fused-ring (bicyclic) bond motifs is 2. The van der Waals surface area contributed by atoms with E-state index in [1.165, 1.54) is 0 Å². The molecular weight excluding hydrogens is 901 g/mol. The Hall–Kier alpha value is -3.18. The van der Waals surface area contributed by atoms with E-state index in [4.69, 9.17) is 28.4 Å². The molecule has 11 rings (SSSR count). The van der Waals surface area contributed by atoms with Gasteiger partial charge in [0.1, 0.15) is 17.6 Å². The van der Waals surface area contributed by atoms with E-state index in [1.54, 1.807) is 0 Å². The summed E-state index contributed by atoms with van der Waals surface area (Å²) in [6.07, 6.45) is 24.1. The van der Waals surface area contributed by atoms with Crippen LogP contribution in [0.25, 0.3) is 0 Å². The van der Waals surface area contributed by atoms with E-state index in [1.807, 2.05) is 0 Å². The van der Waals surface area contributed by atoms with Crippen LogP contribution in [-0.4, -0.2) is 73.4 Å². The lowest BCUT2D eigenvalue weighted by Crippen LogP contribution is -2.59. The van der Waals surface area contributed by atoms with Gasteiger partial charge >= 0.3 is 35.8 Å². The van der Waals surface area contributed by atoms with Gasteiger partial charge in [-0.2, -0.15) is 0 Å². The second kappa shape index (κ2) is 20.2. The molecule has 12 bridgehead atoms. The minimum atomic E-state index is -0.693. The number of carbonyl (C=O) groups is 6. The maximum atomic E-state index is 14.0. The van der Waals surface area contributed by atoms with Gasteiger partial charge in [-0.25, -0.2) is 0 Å². The molecule has 71 heavy (non-hydrogen) atoms. The van der Waals surface area contributed by atoms with E-state index in [0.29, 0.717) is 49.4 Å². The maximum Gasteiger partial charge on any atom is 0.317 e. The smallest absolute Gasteiger partial charge is 0.317 e. The molecular formula is C59H90O12. The molecule has 0 aromatic carbocycles.